The van der Waals surface area contributed by atoms with Crippen LogP contribution in [0.15, 0.2) is 18.2 Å². The van der Waals surface area contributed by atoms with Crippen molar-refractivity contribution in [2.45, 2.75) is 13.0 Å². The molecule has 1 atom stereocenters. The summed E-state index contributed by atoms with van der Waals surface area (Å²) in [6.07, 6.45) is 0. The first-order valence-corrected chi connectivity index (χ1v) is 6.22. The number of anilines is 1. The van der Waals surface area contributed by atoms with Crippen LogP contribution >= 0.6 is 11.8 Å². The second-order valence-electron chi connectivity index (χ2n) is 3.66. The van der Waals surface area contributed by atoms with E-state index in [2.05, 4.69) is 5.32 Å². The van der Waals surface area contributed by atoms with Gasteiger partial charge in [-0.2, -0.15) is 11.8 Å². The fourth-order valence-electron chi connectivity index (χ4n) is 1.12. The number of benzene rings is 1. The molecule has 0 spiro atoms. The molecule has 0 fully saturated rings. The standard InChI is InChI=1S/C11H14F2N2OS/c1-7(14)5-17-6-11(16)15-10-4-8(12)2-3-9(10)13/h2-4,7H,5-6,14H2,1H3,(H,15,16). The predicted molar refractivity (Wildman–Crippen MR) is 66.0 cm³/mol. The third-order valence-corrected chi connectivity index (χ3v) is 3.04. The summed E-state index contributed by atoms with van der Waals surface area (Å²) < 4.78 is 26.0. The minimum Gasteiger partial charge on any atom is -0.327 e. The van der Waals surface area contributed by atoms with Gasteiger partial charge in [0.2, 0.25) is 5.91 Å². The summed E-state index contributed by atoms with van der Waals surface area (Å²) in [4.78, 5) is 11.4. The van der Waals surface area contributed by atoms with Crippen molar-refractivity contribution in [1.82, 2.24) is 0 Å². The van der Waals surface area contributed by atoms with Crippen LogP contribution < -0.4 is 11.1 Å². The number of thioether (sulfide) groups is 1. The highest BCUT2D eigenvalue weighted by Gasteiger charge is 2.08. The highest BCUT2D eigenvalue weighted by molar-refractivity contribution is 8.00. The minimum atomic E-state index is -0.656. The number of carbonyl (C=O) groups is 1. The van der Waals surface area contributed by atoms with Gasteiger partial charge < -0.3 is 11.1 Å². The number of nitrogens with two attached hydrogens (primary N) is 1. The maximum atomic E-state index is 13.2. The van der Waals surface area contributed by atoms with Crippen molar-refractivity contribution in [2.75, 3.05) is 16.8 Å². The largest absolute Gasteiger partial charge is 0.327 e. The first kappa shape index (κ1) is 13.9. The zero-order valence-electron chi connectivity index (χ0n) is 9.37. The molecule has 6 heteroatoms. The molecule has 0 bridgehead atoms. The number of halogens is 2. The second-order valence-corrected chi connectivity index (χ2v) is 4.70. The van der Waals surface area contributed by atoms with E-state index in [4.69, 9.17) is 5.73 Å². The summed E-state index contributed by atoms with van der Waals surface area (Å²) in [6, 6.07) is 2.91. The first-order chi connectivity index (χ1) is 7.99. The molecular formula is C11H14F2N2OS. The van der Waals surface area contributed by atoms with Gasteiger partial charge in [0, 0.05) is 17.9 Å². The molecule has 3 nitrogen and oxygen atoms in total. The Morgan fingerprint density at radius 2 is 2.24 bits per heavy atom. The van der Waals surface area contributed by atoms with Crippen LogP contribution in [0, 0.1) is 11.6 Å². The molecular weight excluding hydrogens is 246 g/mol. The van der Waals surface area contributed by atoms with Gasteiger partial charge in [0.15, 0.2) is 0 Å². The lowest BCUT2D eigenvalue weighted by Gasteiger charge is -2.07. The molecule has 1 aromatic rings. The van der Waals surface area contributed by atoms with Crippen molar-refractivity contribution in [2.24, 2.45) is 5.73 Å². The van der Waals surface area contributed by atoms with Crippen LogP contribution in [0.5, 0.6) is 0 Å². The van der Waals surface area contributed by atoms with Gasteiger partial charge in [0.05, 0.1) is 11.4 Å². The average Bonchev–Trinajstić information content (AvgIpc) is 2.23. The van der Waals surface area contributed by atoms with Crippen molar-refractivity contribution in [1.29, 1.82) is 0 Å². The summed E-state index contributed by atoms with van der Waals surface area (Å²) in [5.74, 6) is -0.821. The van der Waals surface area contributed by atoms with Gasteiger partial charge in [-0.1, -0.05) is 0 Å². The van der Waals surface area contributed by atoms with E-state index in [-0.39, 0.29) is 23.4 Å². The number of hydrogen-bond donors (Lipinski definition) is 2. The van der Waals surface area contributed by atoms with Crippen LogP contribution in [0.2, 0.25) is 0 Å². The van der Waals surface area contributed by atoms with Crippen molar-refractivity contribution in [3.8, 4) is 0 Å². The molecule has 0 aliphatic rings. The van der Waals surface area contributed by atoms with Gasteiger partial charge in [-0.3, -0.25) is 4.79 Å². The van der Waals surface area contributed by atoms with Crippen LogP contribution in [0.1, 0.15) is 6.92 Å². The van der Waals surface area contributed by atoms with E-state index < -0.39 is 11.6 Å². The van der Waals surface area contributed by atoms with Crippen molar-refractivity contribution in [3.63, 3.8) is 0 Å². The molecule has 1 aromatic carbocycles. The molecule has 17 heavy (non-hydrogen) atoms. The maximum absolute atomic E-state index is 13.2. The lowest BCUT2D eigenvalue weighted by Crippen LogP contribution is -2.21. The predicted octanol–water partition coefficient (Wildman–Crippen LogP) is 1.98. The highest BCUT2D eigenvalue weighted by Crippen LogP contribution is 2.15. The lowest BCUT2D eigenvalue weighted by atomic mass is 10.3. The Morgan fingerprint density at radius 3 is 2.88 bits per heavy atom. The molecule has 0 radical (unpaired) electrons. The van der Waals surface area contributed by atoms with Crippen LogP contribution in [0.4, 0.5) is 14.5 Å². The third kappa shape index (κ3) is 5.14. The third-order valence-electron chi connectivity index (χ3n) is 1.82. The van der Waals surface area contributed by atoms with Crippen molar-refractivity contribution in [3.05, 3.63) is 29.8 Å². The minimum absolute atomic E-state index is 0.00120. The topological polar surface area (TPSA) is 55.1 Å². The Morgan fingerprint density at radius 1 is 1.53 bits per heavy atom. The molecule has 3 N–H and O–H groups in total. The van der Waals surface area contributed by atoms with Crippen molar-refractivity contribution >= 4 is 23.4 Å². The van der Waals surface area contributed by atoms with E-state index in [1.54, 1.807) is 0 Å². The van der Waals surface area contributed by atoms with E-state index in [0.29, 0.717) is 5.75 Å². The van der Waals surface area contributed by atoms with Crippen LogP contribution in [-0.2, 0) is 4.79 Å². The molecule has 0 heterocycles. The van der Waals surface area contributed by atoms with E-state index in [0.717, 1.165) is 18.2 Å². The molecule has 0 aliphatic heterocycles. The fraction of sp³-hybridized carbons (Fsp3) is 0.364. The molecule has 0 aliphatic carbocycles. The molecule has 0 saturated heterocycles. The highest BCUT2D eigenvalue weighted by atomic mass is 32.2. The van der Waals surface area contributed by atoms with Crippen LogP contribution in [-0.4, -0.2) is 23.5 Å². The summed E-state index contributed by atoms with van der Waals surface area (Å²) in [5, 5.41) is 2.31. The summed E-state index contributed by atoms with van der Waals surface area (Å²) in [7, 11) is 0. The number of hydrogen-bond acceptors (Lipinski definition) is 3. The van der Waals surface area contributed by atoms with Crippen LogP contribution in [0.25, 0.3) is 0 Å². The van der Waals surface area contributed by atoms with Gasteiger partial charge in [-0.15, -0.1) is 0 Å². The summed E-state index contributed by atoms with van der Waals surface area (Å²) in [6.45, 7) is 1.83. The normalized spacial score (nSPS) is 12.2. The maximum Gasteiger partial charge on any atom is 0.234 e. The van der Waals surface area contributed by atoms with Gasteiger partial charge in [0.1, 0.15) is 11.6 Å². The molecule has 1 unspecified atom stereocenters. The van der Waals surface area contributed by atoms with E-state index in [1.807, 2.05) is 6.92 Å². The Hall–Kier alpha value is -1.14. The summed E-state index contributed by atoms with van der Waals surface area (Å²) in [5.41, 5.74) is 5.37. The molecule has 94 valence electrons. The van der Waals surface area contributed by atoms with E-state index >= 15 is 0 Å². The SMILES string of the molecule is CC(N)CSCC(=O)Nc1cc(F)ccc1F. The smallest absolute Gasteiger partial charge is 0.234 e. The van der Waals surface area contributed by atoms with Gasteiger partial charge in [-0.25, -0.2) is 8.78 Å². The van der Waals surface area contributed by atoms with Gasteiger partial charge in [0.25, 0.3) is 0 Å². The lowest BCUT2D eigenvalue weighted by molar-refractivity contribution is -0.113. The number of nitrogens with one attached hydrogen (secondary N) is 1. The quantitative estimate of drug-likeness (QED) is 0.851. The zero-order chi connectivity index (χ0) is 12.8. The van der Waals surface area contributed by atoms with Crippen molar-refractivity contribution < 1.29 is 13.6 Å². The monoisotopic (exact) mass is 260 g/mol. The second kappa shape index (κ2) is 6.56. The van der Waals surface area contributed by atoms with E-state index in [1.165, 1.54) is 11.8 Å². The van der Waals surface area contributed by atoms with Gasteiger partial charge >= 0.3 is 0 Å². The fourth-order valence-corrected chi connectivity index (χ4v) is 1.86. The molecule has 1 amide bonds. The van der Waals surface area contributed by atoms with Crippen LogP contribution in [0.3, 0.4) is 0 Å². The molecule has 1 rings (SSSR count). The summed E-state index contributed by atoms with van der Waals surface area (Å²) >= 11 is 1.35. The Labute approximate surface area is 103 Å². The Kier molecular flexibility index (Phi) is 5.37. The Bertz CT molecular complexity index is 399. The first-order valence-electron chi connectivity index (χ1n) is 5.07. The average molecular weight is 260 g/mol. The molecule has 0 aromatic heterocycles. The van der Waals surface area contributed by atoms with E-state index in [9.17, 15) is 13.6 Å². The Balaban J connectivity index is 2.47. The zero-order valence-corrected chi connectivity index (χ0v) is 10.2. The number of carbonyl (C=O) groups excluding carboxylic acids is 1. The number of rotatable bonds is 5. The van der Waals surface area contributed by atoms with Gasteiger partial charge in [-0.05, 0) is 19.1 Å². The molecule has 0 saturated carbocycles. The number of amides is 1.